The van der Waals surface area contributed by atoms with Crippen LogP contribution in [0.5, 0.6) is 0 Å². The van der Waals surface area contributed by atoms with Crippen LogP contribution in [0.15, 0.2) is 36.9 Å². The molecule has 0 spiro atoms. The summed E-state index contributed by atoms with van der Waals surface area (Å²) in [4.78, 5) is 2.16. The molecular formula is C12H15NO. The van der Waals surface area contributed by atoms with Gasteiger partial charge in [0.25, 0.3) is 0 Å². The molecule has 0 bridgehead atoms. The fourth-order valence-corrected chi connectivity index (χ4v) is 1.98. The molecule has 1 atom stereocenters. The predicted molar refractivity (Wildman–Crippen MR) is 58.4 cm³/mol. The Morgan fingerprint density at radius 1 is 1.50 bits per heavy atom. The summed E-state index contributed by atoms with van der Waals surface area (Å²) in [5, 5.41) is 10.3. The molecule has 2 nitrogen and oxygen atoms in total. The number of para-hydroxylation sites is 1. The lowest BCUT2D eigenvalue weighted by atomic mass is 9.86. The van der Waals surface area contributed by atoms with Gasteiger partial charge in [0.1, 0.15) is 5.60 Å². The summed E-state index contributed by atoms with van der Waals surface area (Å²) in [5.41, 5.74) is 1.22. The number of fused-ring (bicyclic) bond motifs is 1. The van der Waals surface area contributed by atoms with Crippen LogP contribution in [0.2, 0.25) is 0 Å². The Labute approximate surface area is 84.5 Å². The Balaban J connectivity index is 2.57. The van der Waals surface area contributed by atoms with Crippen molar-refractivity contribution in [1.82, 2.24) is 0 Å². The van der Waals surface area contributed by atoms with Crippen LogP contribution in [0.25, 0.3) is 0 Å². The molecule has 2 rings (SSSR count). The first-order valence-corrected chi connectivity index (χ1v) is 4.84. The zero-order valence-electron chi connectivity index (χ0n) is 8.40. The van der Waals surface area contributed by atoms with E-state index in [9.17, 15) is 5.11 Å². The van der Waals surface area contributed by atoms with Crippen molar-refractivity contribution in [1.29, 1.82) is 0 Å². The molecule has 0 saturated heterocycles. The smallest absolute Gasteiger partial charge is 0.111 e. The van der Waals surface area contributed by atoms with E-state index in [0.717, 1.165) is 17.8 Å². The number of benzene rings is 1. The van der Waals surface area contributed by atoms with E-state index in [1.165, 1.54) is 0 Å². The van der Waals surface area contributed by atoms with Gasteiger partial charge in [-0.15, -0.1) is 0 Å². The Hall–Kier alpha value is -1.28. The van der Waals surface area contributed by atoms with Gasteiger partial charge in [0.15, 0.2) is 0 Å². The van der Waals surface area contributed by atoms with Gasteiger partial charge in [-0.2, -0.15) is 0 Å². The normalized spacial score (nSPS) is 25.7. The lowest BCUT2D eigenvalue weighted by molar-refractivity contribution is 0.0781. The molecule has 0 saturated carbocycles. The summed E-state index contributed by atoms with van der Waals surface area (Å²) in [6, 6.07) is 7.94. The highest BCUT2D eigenvalue weighted by Gasteiger charge is 2.32. The standard InChI is InChI=1S/C12H15NO/c1-3-12(14)8-9-13(2)11-7-5-4-6-10(11)12/h3-7,14H,1,8-9H2,2H3/t12-/m0/s1. The van der Waals surface area contributed by atoms with Gasteiger partial charge in [-0.25, -0.2) is 0 Å². The van der Waals surface area contributed by atoms with Crippen LogP contribution in [0.1, 0.15) is 12.0 Å². The summed E-state index contributed by atoms with van der Waals surface area (Å²) < 4.78 is 0. The van der Waals surface area contributed by atoms with E-state index in [4.69, 9.17) is 0 Å². The van der Waals surface area contributed by atoms with E-state index in [1.54, 1.807) is 6.08 Å². The van der Waals surface area contributed by atoms with Gasteiger partial charge in [-0.1, -0.05) is 30.9 Å². The second-order valence-corrected chi connectivity index (χ2v) is 3.82. The second kappa shape index (κ2) is 3.14. The van der Waals surface area contributed by atoms with E-state index in [0.29, 0.717) is 6.42 Å². The van der Waals surface area contributed by atoms with Crippen molar-refractivity contribution in [3.63, 3.8) is 0 Å². The largest absolute Gasteiger partial charge is 0.381 e. The van der Waals surface area contributed by atoms with Crippen molar-refractivity contribution < 1.29 is 5.11 Å². The number of rotatable bonds is 1. The van der Waals surface area contributed by atoms with Gasteiger partial charge < -0.3 is 10.0 Å². The van der Waals surface area contributed by atoms with Gasteiger partial charge in [0.05, 0.1) is 0 Å². The van der Waals surface area contributed by atoms with E-state index >= 15 is 0 Å². The van der Waals surface area contributed by atoms with Crippen LogP contribution < -0.4 is 4.90 Å². The summed E-state index contributed by atoms with van der Waals surface area (Å²) in [6.45, 7) is 4.57. The number of hydrogen-bond donors (Lipinski definition) is 1. The third-order valence-electron chi connectivity index (χ3n) is 2.95. The van der Waals surface area contributed by atoms with Gasteiger partial charge in [0.2, 0.25) is 0 Å². The topological polar surface area (TPSA) is 23.5 Å². The molecule has 14 heavy (non-hydrogen) atoms. The Morgan fingerprint density at radius 2 is 2.21 bits per heavy atom. The lowest BCUT2D eigenvalue weighted by Crippen LogP contribution is -2.37. The summed E-state index contributed by atoms with van der Waals surface area (Å²) in [7, 11) is 2.04. The summed E-state index contributed by atoms with van der Waals surface area (Å²) in [5.74, 6) is 0. The molecule has 74 valence electrons. The zero-order valence-corrected chi connectivity index (χ0v) is 8.40. The molecular weight excluding hydrogens is 174 g/mol. The van der Waals surface area contributed by atoms with Crippen LogP contribution in [-0.4, -0.2) is 18.7 Å². The molecule has 2 heteroatoms. The van der Waals surface area contributed by atoms with Crippen LogP contribution in [-0.2, 0) is 5.60 Å². The number of hydrogen-bond acceptors (Lipinski definition) is 2. The molecule has 1 aliphatic rings. The Bertz CT molecular complexity index is 361. The van der Waals surface area contributed by atoms with E-state index in [2.05, 4.69) is 11.5 Å². The van der Waals surface area contributed by atoms with Crippen LogP contribution in [0, 0.1) is 0 Å². The fourth-order valence-electron chi connectivity index (χ4n) is 1.98. The van der Waals surface area contributed by atoms with Gasteiger partial charge >= 0.3 is 0 Å². The average molecular weight is 189 g/mol. The zero-order chi connectivity index (χ0) is 10.2. The first-order valence-electron chi connectivity index (χ1n) is 4.84. The maximum absolute atomic E-state index is 10.3. The SMILES string of the molecule is C=C[C@]1(O)CCN(C)c2ccccc21. The molecule has 1 aromatic rings. The van der Waals surface area contributed by atoms with Crippen molar-refractivity contribution in [2.75, 3.05) is 18.5 Å². The fraction of sp³-hybridized carbons (Fsp3) is 0.333. The van der Waals surface area contributed by atoms with Crippen LogP contribution in [0.3, 0.4) is 0 Å². The maximum atomic E-state index is 10.3. The lowest BCUT2D eigenvalue weighted by Gasteiger charge is -2.37. The molecule has 0 amide bonds. The monoisotopic (exact) mass is 189 g/mol. The molecule has 1 aromatic carbocycles. The maximum Gasteiger partial charge on any atom is 0.111 e. The number of aliphatic hydroxyl groups is 1. The first-order chi connectivity index (χ1) is 6.67. The third-order valence-corrected chi connectivity index (χ3v) is 2.95. The van der Waals surface area contributed by atoms with Crippen molar-refractivity contribution >= 4 is 5.69 Å². The first kappa shape index (κ1) is 9.28. The minimum absolute atomic E-state index is 0.712. The van der Waals surface area contributed by atoms with Crippen molar-refractivity contribution in [2.45, 2.75) is 12.0 Å². The third kappa shape index (κ3) is 1.23. The molecule has 1 aliphatic heterocycles. The van der Waals surface area contributed by atoms with Crippen LogP contribution >= 0.6 is 0 Å². The highest BCUT2D eigenvalue weighted by molar-refractivity contribution is 5.58. The van der Waals surface area contributed by atoms with Gasteiger partial charge in [-0.3, -0.25) is 0 Å². The molecule has 0 aliphatic carbocycles. The highest BCUT2D eigenvalue weighted by Crippen LogP contribution is 2.37. The summed E-state index contributed by atoms with van der Waals surface area (Å²) in [6.07, 6.45) is 2.35. The minimum atomic E-state index is -0.844. The Morgan fingerprint density at radius 3 is 2.93 bits per heavy atom. The van der Waals surface area contributed by atoms with Gasteiger partial charge in [-0.05, 0) is 6.07 Å². The molecule has 0 unspecified atom stereocenters. The van der Waals surface area contributed by atoms with Crippen molar-refractivity contribution in [2.24, 2.45) is 0 Å². The average Bonchev–Trinajstić information content (AvgIpc) is 2.24. The molecule has 0 aromatic heterocycles. The van der Waals surface area contributed by atoms with Crippen LogP contribution in [0.4, 0.5) is 5.69 Å². The Kier molecular flexibility index (Phi) is 2.08. The number of anilines is 1. The molecule has 1 N–H and O–H groups in total. The molecule has 0 radical (unpaired) electrons. The molecule has 0 fully saturated rings. The second-order valence-electron chi connectivity index (χ2n) is 3.82. The van der Waals surface area contributed by atoms with E-state index in [1.807, 2.05) is 31.3 Å². The summed E-state index contributed by atoms with van der Waals surface area (Å²) >= 11 is 0. The molecule has 1 heterocycles. The van der Waals surface area contributed by atoms with Crippen molar-refractivity contribution in [3.05, 3.63) is 42.5 Å². The highest BCUT2D eigenvalue weighted by atomic mass is 16.3. The quantitative estimate of drug-likeness (QED) is 0.682. The number of nitrogens with zero attached hydrogens (tertiary/aromatic N) is 1. The van der Waals surface area contributed by atoms with Crippen molar-refractivity contribution in [3.8, 4) is 0 Å². The van der Waals surface area contributed by atoms with Gasteiger partial charge in [0, 0.05) is 31.3 Å². The van der Waals surface area contributed by atoms with E-state index in [-0.39, 0.29) is 0 Å². The minimum Gasteiger partial charge on any atom is -0.381 e. The van der Waals surface area contributed by atoms with E-state index < -0.39 is 5.60 Å². The predicted octanol–water partition coefficient (Wildman–Crippen LogP) is 1.90.